The molecule has 1 fully saturated rings. The van der Waals surface area contributed by atoms with Crippen LogP contribution in [0, 0.1) is 0 Å². The lowest BCUT2D eigenvalue weighted by Crippen LogP contribution is -2.41. The summed E-state index contributed by atoms with van der Waals surface area (Å²) in [5.74, 6) is 0.911. The number of halogens is 1. The molecule has 2 rings (SSSR count). The summed E-state index contributed by atoms with van der Waals surface area (Å²) in [6.45, 7) is 3.32. The second-order valence-corrected chi connectivity index (χ2v) is 5.11. The van der Waals surface area contributed by atoms with Crippen LogP contribution in [0.3, 0.4) is 0 Å². The number of amides is 1. The van der Waals surface area contributed by atoms with Crippen molar-refractivity contribution in [2.45, 2.75) is 24.6 Å². The Hall–Kier alpha value is -1.03. The van der Waals surface area contributed by atoms with E-state index in [9.17, 15) is 4.79 Å². The van der Waals surface area contributed by atoms with Crippen molar-refractivity contribution in [3.8, 4) is 5.75 Å². The first-order valence-electron chi connectivity index (χ1n) is 5.91. The van der Waals surface area contributed by atoms with E-state index in [-0.39, 0.29) is 10.7 Å². The number of ether oxygens (including phenoxy) is 1. The standard InChI is InChI=1S/C13H16BrNO2/c1-2-17-12-8-4-3-7-11(12)15-9-5-6-10(14)13(15)16/h3-4,7-8,10H,2,5-6,9H2,1H3. The van der Waals surface area contributed by atoms with Gasteiger partial charge in [-0.05, 0) is 31.9 Å². The van der Waals surface area contributed by atoms with E-state index >= 15 is 0 Å². The summed E-state index contributed by atoms with van der Waals surface area (Å²) >= 11 is 3.42. The van der Waals surface area contributed by atoms with Crippen molar-refractivity contribution in [1.29, 1.82) is 0 Å². The number of rotatable bonds is 3. The number of para-hydroxylation sites is 2. The minimum absolute atomic E-state index is 0.0640. The fraction of sp³-hybridized carbons (Fsp3) is 0.462. The van der Waals surface area contributed by atoms with Gasteiger partial charge in [0.05, 0.1) is 17.1 Å². The number of benzene rings is 1. The van der Waals surface area contributed by atoms with Crippen molar-refractivity contribution in [1.82, 2.24) is 0 Å². The van der Waals surface area contributed by atoms with Crippen molar-refractivity contribution in [3.63, 3.8) is 0 Å². The molecule has 0 radical (unpaired) electrons. The minimum Gasteiger partial charge on any atom is -0.492 e. The maximum atomic E-state index is 12.1. The summed E-state index contributed by atoms with van der Waals surface area (Å²) in [5.41, 5.74) is 0.878. The van der Waals surface area contributed by atoms with Crippen molar-refractivity contribution >= 4 is 27.5 Å². The van der Waals surface area contributed by atoms with Crippen LogP contribution in [0.4, 0.5) is 5.69 Å². The molecule has 1 aromatic rings. The number of carbonyl (C=O) groups is 1. The van der Waals surface area contributed by atoms with Crippen LogP contribution in [0.2, 0.25) is 0 Å². The number of alkyl halides is 1. The zero-order valence-electron chi connectivity index (χ0n) is 9.86. The lowest BCUT2D eigenvalue weighted by atomic mass is 10.1. The van der Waals surface area contributed by atoms with Gasteiger partial charge in [0, 0.05) is 6.54 Å². The van der Waals surface area contributed by atoms with Crippen LogP contribution >= 0.6 is 15.9 Å². The van der Waals surface area contributed by atoms with Crippen LogP contribution < -0.4 is 9.64 Å². The van der Waals surface area contributed by atoms with Crippen molar-refractivity contribution in [2.24, 2.45) is 0 Å². The Kier molecular flexibility index (Phi) is 4.05. The Morgan fingerprint density at radius 1 is 1.47 bits per heavy atom. The molecule has 17 heavy (non-hydrogen) atoms. The van der Waals surface area contributed by atoms with Crippen LogP contribution in [0.5, 0.6) is 5.75 Å². The lowest BCUT2D eigenvalue weighted by Gasteiger charge is -2.30. The van der Waals surface area contributed by atoms with Gasteiger partial charge in [0.25, 0.3) is 0 Å². The highest BCUT2D eigenvalue weighted by atomic mass is 79.9. The van der Waals surface area contributed by atoms with Crippen LogP contribution in [0.1, 0.15) is 19.8 Å². The average Bonchev–Trinajstić information content (AvgIpc) is 2.34. The van der Waals surface area contributed by atoms with Crippen molar-refractivity contribution < 1.29 is 9.53 Å². The second kappa shape index (κ2) is 5.54. The number of hydrogen-bond acceptors (Lipinski definition) is 2. The molecule has 1 heterocycles. The predicted octanol–water partition coefficient (Wildman–Crippen LogP) is 2.98. The average molecular weight is 298 g/mol. The molecule has 92 valence electrons. The third-order valence-corrected chi connectivity index (χ3v) is 3.68. The largest absolute Gasteiger partial charge is 0.492 e. The fourth-order valence-electron chi connectivity index (χ4n) is 2.03. The molecule has 0 bridgehead atoms. The van der Waals surface area contributed by atoms with Crippen LogP contribution in [0.15, 0.2) is 24.3 Å². The van der Waals surface area contributed by atoms with E-state index in [0.717, 1.165) is 30.8 Å². The van der Waals surface area contributed by atoms with Gasteiger partial charge in [0.2, 0.25) is 5.91 Å². The molecule has 4 heteroatoms. The molecule has 0 aliphatic carbocycles. The quantitative estimate of drug-likeness (QED) is 0.803. The van der Waals surface area contributed by atoms with E-state index in [4.69, 9.17) is 4.74 Å². The Morgan fingerprint density at radius 2 is 2.24 bits per heavy atom. The van der Waals surface area contributed by atoms with Gasteiger partial charge < -0.3 is 9.64 Å². The van der Waals surface area contributed by atoms with Crippen LogP contribution in [-0.2, 0) is 4.79 Å². The Balaban J connectivity index is 2.29. The summed E-state index contributed by atoms with van der Waals surface area (Å²) in [7, 11) is 0. The molecule has 1 aromatic carbocycles. The number of piperidine rings is 1. The number of hydrogen-bond donors (Lipinski definition) is 0. The van der Waals surface area contributed by atoms with Crippen molar-refractivity contribution in [3.05, 3.63) is 24.3 Å². The third kappa shape index (κ3) is 2.63. The zero-order chi connectivity index (χ0) is 12.3. The molecule has 1 aliphatic rings. The molecule has 1 saturated heterocycles. The normalized spacial score (nSPS) is 20.5. The fourth-order valence-corrected chi connectivity index (χ4v) is 2.60. The van der Waals surface area contributed by atoms with Crippen LogP contribution in [-0.4, -0.2) is 23.9 Å². The van der Waals surface area contributed by atoms with Gasteiger partial charge in [0.15, 0.2) is 0 Å². The predicted molar refractivity (Wildman–Crippen MR) is 71.9 cm³/mol. The minimum atomic E-state index is -0.0640. The summed E-state index contributed by atoms with van der Waals surface area (Å²) in [5, 5.41) is 0. The Labute approximate surface area is 110 Å². The van der Waals surface area contributed by atoms with Gasteiger partial charge in [-0.2, -0.15) is 0 Å². The Bertz CT molecular complexity index is 408. The van der Waals surface area contributed by atoms with Crippen LogP contribution in [0.25, 0.3) is 0 Å². The molecule has 0 spiro atoms. The van der Waals surface area contributed by atoms with E-state index in [2.05, 4.69) is 15.9 Å². The highest BCUT2D eigenvalue weighted by Crippen LogP contribution is 2.32. The molecule has 1 unspecified atom stereocenters. The van der Waals surface area contributed by atoms with E-state index in [0.29, 0.717) is 6.61 Å². The highest BCUT2D eigenvalue weighted by Gasteiger charge is 2.28. The molecule has 0 aromatic heterocycles. The maximum Gasteiger partial charge on any atom is 0.240 e. The molecule has 1 atom stereocenters. The van der Waals surface area contributed by atoms with E-state index in [1.54, 1.807) is 0 Å². The molecule has 1 amide bonds. The van der Waals surface area contributed by atoms with E-state index in [1.165, 1.54) is 0 Å². The number of anilines is 1. The summed E-state index contributed by atoms with van der Waals surface area (Å²) < 4.78 is 5.56. The van der Waals surface area contributed by atoms with Gasteiger partial charge in [0.1, 0.15) is 5.75 Å². The second-order valence-electron chi connectivity index (χ2n) is 4.00. The third-order valence-electron chi connectivity index (χ3n) is 2.83. The van der Waals surface area contributed by atoms with Gasteiger partial charge in [-0.1, -0.05) is 28.1 Å². The summed E-state index contributed by atoms with van der Waals surface area (Å²) in [4.78, 5) is 13.9. The topological polar surface area (TPSA) is 29.5 Å². The molecule has 0 saturated carbocycles. The van der Waals surface area contributed by atoms with Gasteiger partial charge in [-0.3, -0.25) is 4.79 Å². The number of carbonyl (C=O) groups excluding carboxylic acids is 1. The Morgan fingerprint density at radius 3 is 3.00 bits per heavy atom. The molecule has 1 aliphatic heterocycles. The monoisotopic (exact) mass is 297 g/mol. The van der Waals surface area contributed by atoms with Gasteiger partial charge in [-0.25, -0.2) is 0 Å². The zero-order valence-corrected chi connectivity index (χ0v) is 11.4. The first-order valence-corrected chi connectivity index (χ1v) is 6.83. The molecular weight excluding hydrogens is 282 g/mol. The first-order chi connectivity index (χ1) is 8.24. The summed E-state index contributed by atoms with van der Waals surface area (Å²) in [6, 6.07) is 7.70. The molecule has 0 N–H and O–H groups in total. The molecule has 3 nitrogen and oxygen atoms in total. The smallest absolute Gasteiger partial charge is 0.240 e. The van der Waals surface area contributed by atoms with E-state index < -0.39 is 0 Å². The van der Waals surface area contributed by atoms with Gasteiger partial charge in [-0.15, -0.1) is 0 Å². The highest BCUT2D eigenvalue weighted by molar-refractivity contribution is 9.10. The van der Waals surface area contributed by atoms with Gasteiger partial charge >= 0.3 is 0 Å². The first kappa shape index (κ1) is 12.4. The SMILES string of the molecule is CCOc1ccccc1N1CCCC(Br)C1=O. The maximum absolute atomic E-state index is 12.1. The van der Waals surface area contributed by atoms with E-state index in [1.807, 2.05) is 36.1 Å². The lowest BCUT2D eigenvalue weighted by molar-refractivity contribution is -0.118. The molecular formula is C13H16BrNO2. The van der Waals surface area contributed by atoms with Crippen molar-refractivity contribution in [2.75, 3.05) is 18.1 Å². The number of nitrogens with zero attached hydrogens (tertiary/aromatic N) is 1. The summed E-state index contributed by atoms with van der Waals surface area (Å²) in [6.07, 6.45) is 1.92.